The number of pyridine rings is 1. The highest BCUT2D eigenvalue weighted by atomic mass is 16.1. The van der Waals surface area contributed by atoms with Gasteiger partial charge in [-0.25, -0.2) is 4.98 Å². The first-order valence-corrected chi connectivity index (χ1v) is 10.2. The van der Waals surface area contributed by atoms with Gasteiger partial charge < -0.3 is 5.32 Å². The summed E-state index contributed by atoms with van der Waals surface area (Å²) in [5.74, 6) is 0.317. The number of aromatic nitrogens is 3. The largest absolute Gasteiger partial charge is 0.348 e. The third-order valence-electron chi connectivity index (χ3n) is 5.37. The van der Waals surface area contributed by atoms with Crippen molar-refractivity contribution in [2.75, 3.05) is 25.0 Å². The maximum atomic E-state index is 12.8. The number of hydrogen-bond acceptors (Lipinski definition) is 6. The van der Waals surface area contributed by atoms with Gasteiger partial charge in [0.05, 0.1) is 12.2 Å². The number of anilines is 1. The van der Waals surface area contributed by atoms with Crippen LogP contribution in [-0.4, -0.2) is 44.9 Å². The first-order chi connectivity index (χ1) is 14.6. The van der Waals surface area contributed by atoms with Gasteiger partial charge in [0.2, 0.25) is 5.95 Å². The molecule has 1 aliphatic rings. The Labute approximate surface area is 175 Å². The van der Waals surface area contributed by atoms with Crippen molar-refractivity contribution in [1.29, 1.82) is 0 Å². The van der Waals surface area contributed by atoms with Crippen molar-refractivity contribution < 1.29 is 4.79 Å². The molecule has 1 N–H and O–H groups in total. The summed E-state index contributed by atoms with van der Waals surface area (Å²) in [5.41, 5.74) is 2.96. The Hall–Kier alpha value is -3.32. The van der Waals surface area contributed by atoms with Crippen LogP contribution in [0.3, 0.4) is 0 Å². The molecule has 0 radical (unpaired) electrons. The minimum absolute atomic E-state index is 0.0400. The van der Waals surface area contributed by atoms with Gasteiger partial charge in [0.25, 0.3) is 5.56 Å². The van der Waals surface area contributed by atoms with Gasteiger partial charge in [-0.3, -0.25) is 24.0 Å². The zero-order valence-electron chi connectivity index (χ0n) is 17.0. The van der Waals surface area contributed by atoms with E-state index in [-0.39, 0.29) is 17.9 Å². The van der Waals surface area contributed by atoms with Crippen molar-refractivity contribution >= 4 is 11.7 Å². The fraction of sp³-hybridized carbons (Fsp3) is 0.304. The first kappa shape index (κ1) is 20.0. The van der Waals surface area contributed by atoms with E-state index < -0.39 is 0 Å². The molecular weight excluding hydrogens is 378 g/mol. The van der Waals surface area contributed by atoms with Gasteiger partial charge >= 0.3 is 0 Å². The van der Waals surface area contributed by atoms with Crippen molar-refractivity contribution in [3.63, 3.8) is 0 Å². The second-order valence-corrected chi connectivity index (χ2v) is 7.56. The smallest absolute Gasteiger partial charge is 0.255 e. The molecule has 30 heavy (non-hydrogen) atoms. The Morgan fingerprint density at radius 1 is 1.10 bits per heavy atom. The van der Waals surface area contributed by atoms with E-state index in [0.29, 0.717) is 17.2 Å². The van der Waals surface area contributed by atoms with E-state index in [1.807, 2.05) is 18.2 Å². The van der Waals surface area contributed by atoms with E-state index in [2.05, 4.69) is 26.3 Å². The van der Waals surface area contributed by atoms with E-state index in [0.717, 1.165) is 30.8 Å². The summed E-state index contributed by atoms with van der Waals surface area (Å²) in [5, 5.41) is 3.03. The van der Waals surface area contributed by atoms with E-state index in [1.165, 1.54) is 23.5 Å². The van der Waals surface area contributed by atoms with Crippen LogP contribution in [0.1, 0.15) is 28.8 Å². The summed E-state index contributed by atoms with van der Waals surface area (Å²) in [4.78, 5) is 36.0. The Bertz CT molecular complexity index is 1090. The van der Waals surface area contributed by atoms with Gasteiger partial charge in [0.1, 0.15) is 0 Å². The number of nitrogens with zero attached hydrogens (tertiary/aromatic N) is 4. The van der Waals surface area contributed by atoms with Gasteiger partial charge in [-0.15, -0.1) is 0 Å². The van der Waals surface area contributed by atoms with Crippen LogP contribution in [-0.2, 0) is 13.6 Å². The third kappa shape index (κ3) is 4.63. The van der Waals surface area contributed by atoms with E-state index >= 15 is 0 Å². The second-order valence-electron chi connectivity index (χ2n) is 7.56. The highest BCUT2D eigenvalue weighted by molar-refractivity contribution is 5.99. The molecule has 0 amide bonds. The number of ketones is 1. The predicted octanol–water partition coefficient (Wildman–Crippen LogP) is 2.73. The molecule has 154 valence electrons. The van der Waals surface area contributed by atoms with Gasteiger partial charge in [-0.2, -0.15) is 0 Å². The molecule has 7 nitrogen and oxygen atoms in total. The number of nitrogens with one attached hydrogen (secondary N) is 1. The molecule has 0 spiro atoms. The average molecular weight is 403 g/mol. The maximum Gasteiger partial charge on any atom is 0.255 e. The summed E-state index contributed by atoms with van der Waals surface area (Å²) in [6.45, 7) is 3.17. The first-order valence-electron chi connectivity index (χ1n) is 10.2. The fourth-order valence-corrected chi connectivity index (χ4v) is 3.67. The minimum Gasteiger partial charge on any atom is -0.348 e. The van der Waals surface area contributed by atoms with Crippen LogP contribution in [0.4, 0.5) is 5.95 Å². The van der Waals surface area contributed by atoms with Crippen LogP contribution in [0.25, 0.3) is 11.3 Å². The molecule has 1 fully saturated rings. The fourth-order valence-electron chi connectivity index (χ4n) is 3.67. The molecule has 1 aliphatic heterocycles. The maximum absolute atomic E-state index is 12.8. The quantitative estimate of drug-likeness (QED) is 0.611. The molecule has 0 atom stereocenters. The Morgan fingerprint density at radius 2 is 1.87 bits per heavy atom. The van der Waals surface area contributed by atoms with Gasteiger partial charge in [-0.05, 0) is 49.7 Å². The summed E-state index contributed by atoms with van der Waals surface area (Å²) in [6, 6.07) is 12.8. The summed E-state index contributed by atoms with van der Waals surface area (Å²) >= 11 is 0. The van der Waals surface area contributed by atoms with Crippen LogP contribution in [0.15, 0.2) is 59.7 Å². The standard InChI is InChI=1S/C23H25N5O2/c1-27-22(30)14-20(18-7-9-24-10-8-18)26-23(27)25-15-21(29)19-6-4-5-17(13-19)16-28-11-2-3-12-28/h4-10,13-14H,2-3,11-12,15-16H2,1H3,(H,25,26). The lowest BCUT2D eigenvalue weighted by molar-refractivity contribution is 0.101. The Balaban J connectivity index is 1.47. The molecule has 0 bridgehead atoms. The number of carbonyl (C=O) groups excluding carboxylic acids is 1. The Morgan fingerprint density at radius 3 is 2.63 bits per heavy atom. The molecule has 7 heteroatoms. The summed E-state index contributed by atoms with van der Waals surface area (Å²) in [7, 11) is 1.63. The molecule has 3 aromatic rings. The van der Waals surface area contributed by atoms with Crippen LogP contribution >= 0.6 is 0 Å². The van der Waals surface area contributed by atoms with E-state index in [9.17, 15) is 9.59 Å². The number of rotatable bonds is 7. The van der Waals surface area contributed by atoms with E-state index in [1.54, 1.807) is 31.6 Å². The zero-order valence-corrected chi connectivity index (χ0v) is 17.0. The topological polar surface area (TPSA) is 80.1 Å². The molecule has 0 aliphatic carbocycles. The van der Waals surface area contributed by atoms with Gasteiger partial charge in [0.15, 0.2) is 5.78 Å². The second kappa shape index (κ2) is 9.00. The molecule has 0 saturated carbocycles. The number of hydrogen-bond donors (Lipinski definition) is 1. The number of likely N-dealkylation sites (tertiary alicyclic amines) is 1. The SMILES string of the molecule is Cn1c(NCC(=O)c2cccc(CN3CCCC3)c2)nc(-c2ccncc2)cc1=O. The van der Waals surface area contributed by atoms with Crippen LogP contribution in [0, 0.1) is 0 Å². The van der Waals surface area contributed by atoms with Crippen molar-refractivity contribution in [2.45, 2.75) is 19.4 Å². The number of Topliss-reactive ketones (excluding diaryl/α,β-unsaturated/α-hetero) is 1. The van der Waals surface area contributed by atoms with Crippen molar-refractivity contribution in [3.8, 4) is 11.3 Å². The molecule has 4 rings (SSSR count). The lowest BCUT2D eigenvalue weighted by Crippen LogP contribution is -2.24. The lowest BCUT2D eigenvalue weighted by atomic mass is 10.1. The highest BCUT2D eigenvalue weighted by Crippen LogP contribution is 2.16. The summed E-state index contributed by atoms with van der Waals surface area (Å²) < 4.78 is 1.40. The van der Waals surface area contributed by atoms with Crippen molar-refractivity contribution in [1.82, 2.24) is 19.4 Å². The van der Waals surface area contributed by atoms with Gasteiger partial charge in [0, 0.05) is 43.2 Å². The predicted molar refractivity (Wildman–Crippen MR) is 116 cm³/mol. The molecule has 1 saturated heterocycles. The zero-order chi connectivity index (χ0) is 20.9. The molecular formula is C23H25N5O2. The molecule has 1 aromatic carbocycles. The van der Waals surface area contributed by atoms with Crippen molar-refractivity contribution in [2.24, 2.45) is 7.05 Å². The van der Waals surface area contributed by atoms with Crippen LogP contribution in [0.2, 0.25) is 0 Å². The molecule has 2 aromatic heterocycles. The molecule has 0 unspecified atom stereocenters. The van der Waals surface area contributed by atoms with Crippen LogP contribution in [0.5, 0.6) is 0 Å². The monoisotopic (exact) mass is 403 g/mol. The summed E-state index contributed by atoms with van der Waals surface area (Å²) in [6.07, 6.45) is 5.79. The van der Waals surface area contributed by atoms with Crippen molar-refractivity contribution in [3.05, 3.63) is 76.3 Å². The normalized spacial score (nSPS) is 14.0. The highest BCUT2D eigenvalue weighted by Gasteiger charge is 2.14. The average Bonchev–Trinajstić information content (AvgIpc) is 3.28. The number of benzene rings is 1. The molecule has 3 heterocycles. The number of carbonyl (C=O) groups is 1. The van der Waals surface area contributed by atoms with Gasteiger partial charge in [-0.1, -0.05) is 18.2 Å². The third-order valence-corrected chi connectivity index (χ3v) is 5.37. The minimum atomic E-state index is -0.195. The lowest BCUT2D eigenvalue weighted by Gasteiger charge is -2.15. The Kier molecular flexibility index (Phi) is 5.99. The van der Waals surface area contributed by atoms with E-state index in [4.69, 9.17) is 0 Å². The van der Waals surface area contributed by atoms with Crippen LogP contribution < -0.4 is 10.9 Å².